The monoisotopic (exact) mass is 565 g/mol. The molecule has 208 valence electrons. The minimum atomic E-state index is 0.602. The van der Waals surface area contributed by atoms with Gasteiger partial charge in [-0.05, 0) is 37.1 Å². The molecule has 0 amide bonds. The lowest BCUT2D eigenvalue weighted by Gasteiger charge is -2.13. The van der Waals surface area contributed by atoms with Gasteiger partial charge in [-0.1, -0.05) is 115 Å². The Morgan fingerprint density at radius 2 is 1.09 bits per heavy atom. The number of aromatic nitrogens is 5. The molecule has 0 fully saturated rings. The molecule has 0 spiro atoms. The third-order valence-corrected chi connectivity index (χ3v) is 8.59. The van der Waals surface area contributed by atoms with Crippen LogP contribution >= 0.6 is 0 Å². The summed E-state index contributed by atoms with van der Waals surface area (Å²) < 4.78 is 4.65. The lowest BCUT2D eigenvalue weighted by Crippen LogP contribution is -2.06. The summed E-state index contributed by atoms with van der Waals surface area (Å²) in [4.78, 5) is 15.3. The number of allylic oxidation sites excluding steroid dienone is 4. The molecule has 5 aromatic carbocycles. The van der Waals surface area contributed by atoms with Gasteiger partial charge in [0.05, 0.1) is 22.1 Å². The van der Waals surface area contributed by atoms with E-state index in [0.717, 1.165) is 35.0 Å². The molecule has 0 unspecified atom stereocenters. The van der Waals surface area contributed by atoms with Gasteiger partial charge in [0.15, 0.2) is 11.6 Å². The maximum Gasteiger partial charge on any atom is 0.238 e. The van der Waals surface area contributed by atoms with Crippen molar-refractivity contribution in [3.63, 3.8) is 0 Å². The number of hydrogen-bond acceptors (Lipinski definition) is 3. The Morgan fingerprint density at radius 1 is 0.477 bits per heavy atom. The summed E-state index contributed by atoms with van der Waals surface area (Å²) in [5.41, 5.74) is 7.63. The van der Waals surface area contributed by atoms with Crippen LogP contribution in [-0.2, 0) is 0 Å². The van der Waals surface area contributed by atoms with E-state index >= 15 is 0 Å². The molecule has 8 aromatic rings. The summed E-state index contributed by atoms with van der Waals surface area (Å²) in [6.07, 6.45) is 8.98. The fraction of sp³-hybridized carbons (Fsp3) is 0.0513. The van der Waals surface area contributed by atoms with Gasteiger partial charge in [-0.3, -0.25) is 4.57 Å². The molecule has 0 saturated heterocycles. The molecule has 0 bridgehead atoms. The minimum absolute atomic E-state index is 0.602. The molecule has 44 heavy (non-hydrogen) atoms. The van der Waals surface area contributed by atoms with Crippen molar-refractivity contribution in [2.75, 3.05) is 0 Å². The molecule has 1 aliphatic carbocycles. The van der Waals surface area contributed by atoms with Gasteiger partial charge < -0.3 is 4.57 Å². The zero-order valence-corrected chi connectivity index (χ0v) is 23.9. The van der Waals surface area contributed by atoms with Gasteiger partial charge in [0.25, 0.3) is 0 Å². The third kappa shape index (κ3) is 3.76. The van der Waals surface area contributed by atoms with Crippen LogP contribution in [0.3, 0.4) is 0 Å². The number of nitrogens with zero attached hydrogens (tertiary/aromatic N) is 5. The molecule has 5 heteroatoms. The number of rotatable bonds is 4. The molecule has 3 aromatic heterocycles. The van der Waals surface area contributed by atoms with Crippen molar-refractivity contribution in [3.8, 4) is 28.7 Å². The first-order valence-electron chi connectivity index (χ1n) is 15.0. The van der Waals surface area contributed by atoms with E-state index in [0.29, 0.717) is 17.6 Å². The average molecular weight is 566 g/mol. The highest BCUT2D eigenvalue weighted by atomic mass is 15.2. The van der Waals surface area contributed by atoms with Crippen LogP contribution in [0.5, 0.6) is 0 Å². The standard InChI is InChI=1S/C39H27N5/c1-4-14-26(15-5-1)37-40-38(27-16-6-2-7-17-27)42-39(41-37)44-32-22-12-10-20-29(32)30-24-25-34-35(36(30)44)31-21-11-13-23-33(31)43(34)28-18-8-3-9-19-28/h1-2,4-8,10-25H,3,9H2. The van der Waals surface area contributed by atoms with E-state index in [1.165, 1.54) is 38.3 Å². The summed E-state index contributed by atoms with van der Waals surface area (Å²) in [6, 6.07) is 42.1. The Morgan fingerprint density at radius 3 is 1.75 bits per heavy atom. The van der Waals surface area contributed by atoms with E-state index in [1.807, 2.05) is 36.4 Å². The number of benzene rings is 5. The fourth-order valence-corrected chi connectivity index (χ4v) is 6.66. The van der Waals surface area contributed by atoms with Crippen LogP contribution in [0.4, 0.5) is 0 Å². The van der Waals surface area contributed by atoms with E-state index in [9.17, 15) is 0 Å². The largest absolute Gasteiger partial charge is 0.310 e. The second kappa shape index (κ2) is 9.89. The molecule has 3 heterocycles. The van der Waals surface area contributed by atoms with E-state index < -0.39 is 0 Å². The van der Waals surface area contributed by atoms with Crippen molar-refractivity contribution in [2.45, 2.75) is 12.8 Å². The fourth-order valence-electron chi connectivity index (χ4n) is 6.66. The van der Waals surface area contributed by atoms with Gasteiger partial charge in [-0.25, -0.2) is 4.98 Å². The van der Waals surface area contributed by atoms with E-state index in [2.05, 4.69) is 112 Å². The zero-order chi connectivity index (χ0) is 29.0. The van der Waals surface area contributed by atoms with Crippen LogP contribution in [0, 0.1) is 0 Å². The maximum absolute atomic E-state index is 5.17. The Bertz CT molecular complexity index is 2370. The maximum atomic E-state index is 5.17. The Balaban J connectivity index is 1.45. The lowest BCUT2D eigenvalue weighted by molar-refractivity contribution is 0.955. The van der Waals surface area contributed by atoms with Crippen molar-refractivity contribution in [1.29, 1.82) is 0 Å². The van der Waals surface area contributed by atoms with E-state index in [1.54, 1.807) is 0 Å². The molecule has 5 nitrogen and oxygen atoms in total. The SMILES string of the molecule is C1=CC(n2c3ccccc3c3c2ccc2c4ccccc4n(-c4nc(-c5ccccc5)nc(-c5ccccc5)n4)c23)=CCC1. The summed E-state index contributed by atoms with van der Waals surface area (Å²) in [5.74, 6) is 1.89. The van der Waals surface area contributed by atoms with Crippen molar-refractivity contribution in [3.05, 3.63) is 140 Å². The van der Waals surface area contributed by atoms with Gasteiger partial charge in [0, 0.05) is 38.4 Å². The molecule has 9 rings (SSSR count). The molecule has 0 atom stereocenters. The first-order chi connectivity index (χ1) is 21.8. The quantitative estimate of drug-likeness (QED) is 0.213. The predicted octanol–water partition coefficient (Wildman–Crippen LogP) is 9.60. The summed E-state index contributed by atoms with van der Waals surface area (Å²) in [6.45, 7) is 0. The van der Waals surface area contributed by atoms with Crippen molar-refractivity contribution in [2.24, 2.45) is 0 Å². The van der Waals surface area contributed by atoms with E-state index in [4.69, 9.17) is 15.0 Å². The molecule has 0 saturated carbocycles. The van der Waals surface area contributed by atoms with Crippen LogP contribution in [-0.4, -0.2) is 24.1 Å². The summed E-state index contributed by atoms with van der Waals surface area (Å²) >= 11 is 0. The topological polar surface area (TPSA) is 48.5 Å². The lowest BCUT2D eigenvalue weighted by atomic mass is 10.1. The second-order valence-electron chi connectivity index (χ2n) is 11.2. The highest BCUT2D eigenvalue weighted by molar-refractivity contribution is 6.26. The van der Waals surface area contributed by atoms with Crippen LogP contribution in [0.25, 0.3) is 78.0 Å². The van der Waals surface area contributed by atoms with Gasteiger partial charge in [-0.2, -0.15) is 9.97 Å². The molecular formula is C39H27N5. The van der Waals surface area contributed by atoms with Crippen LogP contribution < -0.4 is 0 Å². The summed E-state index contributed by atoms with van der Waals surface area (Å²) in [7, 11) is 0. The average Bonchev–Trinajstić information content (AvgIpc) is 3.62. The number of fused-ring (bicyclic) bond motifs is 7. The molecule has 0 N–H and O–H groups in total. The normalized spacial score (nSPS) is 13.3. The van der Waals surface area contributed by atoms with Gasteiger partial charge in [-0.15, -0.1) is 0 Å². The highest BCUT2D eigenvalue weighted by Gasteiger charge is 2.23. The van der Waals surface area contributed by atoms with Crippen molar-refractivity contribution < 1.29 is 0 Å². The smallest absolute Gasteiger partial charge is 0.238 e. The molecule has 1 aliphatic rings. The second-order valence-corrected chi connectivity index (χ2v) is 11.2. The highest BCUT2D eigenvalue weighted by Crippen LogP contribution is 2.42. The Kier molecular flexibility index (Phi) is 5.56. The molecule has 0 aliphatic heterocycles. The molecule has 0 radical (unpaired) electrons. The van der Waals surface area contributed by atoms with Crippen LogP contribution in [0.2, 0.25) is 0 Å². The number of hydrogen-bond donors (Lipinski definition) is 0. The van der Waals surface area contributed by atoms with Crippen LogP contribution in [0.15, 0.2) is 140 Å². The summed E-state index contributed by atoms with van der Waals surface area (Å²) in [5, 5.41) is 4.74. The van der Waals surface area contributed by atoms with Gasteiger partial charge >= 0.3 is 0 Å². The van der Waals surface area contributed by atoms with Crippen molar-refractivity contribution in [1.82, 2.24) is 24.1 Å². The predicted molar refractivity (Wildman–Crippen MR) is 181 cm³/mol. The Hall–Kier alpha value is -5.81. The molecular weight excluding hydrogens is 538 g/mol. The first kappa shape index (κ1) is 24.8. The third-order valence-electron chi connectivity index (χ3n) is 8.59. The zero-order valence-electron chi connectivity index (χ0n) is 23.9. The van der Waals surface area contributed by atoms with Gasteiger partial charge in [0.1, 0.15) is 0 Å². The van der Waals surface area contributed by atoms with E-state index in [-0.39, 0.29) is 0 Å². The van der Waals surface area contributed by atoms with Gasteiger partial charge in [0.2, 0.25) is 5.95 Å². The van der Waals surface area contributed by atoms with Crippen LogP contribution in [0.1, 0.15) is 12.8 Å². The number of para-hydroxylation sites is 2. The Labute approximate surface area is 254 Å². The minimum Gasteiger partial charge on any atom is -0.310 e. The van der Waals surface area contributed by atoms with Crippen molar-refractivity contribution >= 4 is 49.3 Å². The first-order valence-corrected chi connectivity index (χ1v) is 15.0.